The van der Waals surface area contributed by atoms with Crippen molar-refractivity contribution in [2.24, 2.45) is 0 Å². The summed E-state index contributed by atoms with van der Waals surface area (Å²) in [6.45, 7) is 4.07. The summed E-state index contributed by atoms with van der Waals surface area (Å²) in [6, 6.07) is 7.95. The Morgan fingerprint density at radius 3 is 2.90 bits per heavy atom. The van der Waals surface area contributed by atoms with Gasteiger partial charge in [0.05, 0.1) is 17.8 Å². The molecule has 0 fully saturated rings. The van der Waals surface area contributed by atoms with Crippen LogP contribution in [0.5, 0.6) is 0 Å². The number of nitrogens with one attached hydrogen (secondary N) is 2. The standard InChI is InChI=1S/C15H16N4O/c1-9(2)17-15-16-8-10-7-13(20)18-12-6-4-3-5-11(12)14(10)19-15/h3-6,8-9H,7H2,1-2H3,(H,18,20)(H,16,17,19). The van der Waals surface area contributed by atoms with Crippen LogP contribution in [0.2, 0.25) is 0 Å². The molecule has 2 aromatic rings. The van der Waals surface area contributed by atoms with E-state index in [0.29, 0.717) is 12.4 Å². The van der Waals surface area contributed by atoms with Crippen molar-refractivity contribution in [1.29, 1.82) is 0 Å². The molecule has 1 amide bonds. The summed E-state index contributed by atoms with van der Waals surface area (Å²) in [5.74, 6) is 0.548. The highest BCUT2D eigenvalue weighted by Crippen LogP contribution is 2.32. The summed E-state index contributed by atoms with van der Waals surface area (Å²) < 4.78 is 0. The second-order valence-corrected chi connectivity index (χ2v) is 5.14. The monoisotopic (exact) mass is 268 g/mol. The van der Waals surface area contributed by atoms with Gasteiger partial charge in [-0.2, -0.15) is 0 Å². The number of hydrogen-bond donors (Lipinski definition) is 2. The van der Waals surface area contributed by atoms with Gasteiger partial charge in [0.2, 0.25) is 11.9 Å². The van der Waals surface area contributed by atoms with E-state index in [1.54, 1.807) is 6.20 Å². The van der Waals surface area contributed by atoms with Crippen LogP contribution in [-0.4, -0.2) is 21.9 Å². The predicted molar refractivity (Wildman–Crippen MR) is 78.6 cm³/mol. The van der Waals surface area contributed by atoms with Crippen molar-refractivity contribution in [3.8, 4) is 11.3 Å². The first kappa shape index (κ1) is 12.6. The lowest BCUT2D eigenvalue weighted by atomic mass is 10.1. The largest absolute Gasteiger partial charge is 0.352 e. The molecule has 3 rings (SSSR count). The van der Waals surface area contributed by atoms with Crippen molar-refractivity contribution < 1.29 is 4.79 Å². The lowest BCUT2D eigenvalue weighted by Crippen LogP contribution is -2.14. The van der Waals surface area contributed by atoms with Crippen LogP contribution in [0.15, 0.2) is 30.5 Å². The topological polar surface area (TPSA) is 66.9 Å². The second kappa shape index (κ2) is 4.92. The van der Waals surface area contributed by atoms with Crippen LogP contribution in [0.25, 0.3) is 11.3 Å². The number of benzene rings is 1. The van der Waals surface area contributed by atoms with Crippen LogP contribution >= 0.6 is 0 Å². The molecule has 1 aliphatic rings. The molecule has 1 aromatic carbocycles. The van der Waals surface area contributed by atoms with Gasteiger partial charge in [0.1, 0.15) is 0 Å². The maximum Gasteiger partial charge on any atom is 0.228 e. The smallest absolute Gasteiger partial charge is 0.228 e. The van der Waals surface area contributed by atoms with E-state index in [-0.39, 0.29) is 11.9 Å². The molecule has 1 aromatic heterocycles. The summed E-state index contributed by atoms with van der Waals surface area (Å²) >= 11 is 0. The Labute approximate surface area is 117 Å². The fourth-order valence-corrected chi connectivity index (χ4v) is 2.26. The van der Waals surface area contributed by atoms with Gasteiger partial charge < -0.3 is 10.6 Å². The highest BCUT2D eigenvalue weighted by atomic mass is 16.1. The minimum absolute atomic E-state index is 0.0376. The lowest BCUT2D eigenvalue weighted by Gasteiger charge is -2.11. The first-order chi connectivity index (χ1) is 9.63. The minimum Gasteiger partial charge on any atom is -0.352 e. The predicted octanol–water partition coefficient (Wildman–Crippen LogP) is 2.46. The third-order valence-electron chi connectivity index (χ3n) is 3.09. The SMILES string of the molecule is CC(C)Nc1ncc2c(n1)-c1ccccc1NC(=O)C2. The van der Waals surface area contributed by atoms with E-state index in [2.05, 4.69) is 20.6 Å². The number of aromatic nitrogens is 2. The molecule has 0 saturated heterocycles. The molecule has 1 aliphatic heterocycles. The van der Waals surface area contributed by atoms with Crippen molar-refractivity contribution in [2.45, 2.75) is 26.3 Å². The number of anilines is 2. The Hall–Kier alpha value is -2.43. The number of carbonyl (C=O) groups is 1. The van der Waals surface area contributed by atoms with Crippen molar-refractivity contribution in [2.75, 3.05) is 10.6 Å². The number of para-hydroxylation sites is 1. The normalized spacial score (nSPS) is 13.2. The van der Waals surface area contributed by atoms with Crippen LogP contribution < -0.4 is 10.6 Å². The highest BCUT2D eigenvalue weighted by molar-refractivity contribution is 5.99. The fraction of sp³-hybridized carbons (Fsp3) is 0.267. The summed E-state index contributed by atoms with van der Waals surface area (Å²) in [7, 11) is 0. The molecule has 102 valence electrons. The van der Waals surface area contributed by atoms with Gasteiger partial charge in [-0.25, -0.2) is 9.97 Å². The zero-order valence-corrected chi connectivity index (χ0v) is 11.5. The number of rotatable bonds is 2. The maximum absolute atomic E-state index is 11.9. The summed E-state index contributed by atoms with van der Waals surface area (Å²) in [4.78, 5) is 20.7. The van der Waals surface area contributed by atoms with E-state index in [1.807, 2.05) is 38.1 Å². The molecule has 0 saturated carbocycles. The van der Waals surface area contributed by atoms with Crippen molar-refractivity contribution >= 4 is 17.5 Å². The van der Waals surface area contributed by atoms with Gasteiger partial charge in [0.15, 0.2) is 0 Å². The first-order valence-corrected chi connectivity index (χ1v) is 6.65. The minimum atomic E-state index is -0.0376. The van der Waals surface area contributed by atoms with E-state index in [1.165, 1.54) is 0 Å². The van der Waals surface area contributed by atoms with E-state index in [9.17, 15) is 4.79 Å². The molecule has 0 unspecified atom stereocenters. The maximum atomic E-state index is 11.9. The average molecular weight is 268 g/mol. The van der Waals surface area contributed by atoms with Crippen molar-refractivity contribution in [3.63, 3.8) is 0 Å². The Morgan fingerprint density at radius 1 is 1.30 bits per heavy atom. The molecule has 5 nitrogen and oxygen atoms in total. The van der Waals surface area contributed by atoms with Crippen LogP contribution in [0, 0.1) is 0 Å². The van der Waals surface area contributed by atoms with Gasteiger partial charge >= 0.3 is 0 Å². The molecule has 5 heteroatoms. The van der Waals surface area contributed by atoms with Crippen LogP contribution in [0.4, 0.5) is 11.6 Å². The summed E-state index contributed by atoms with van der Waals surface area (Å²) in [5, 5.41) is 6.09. The Morgan fingerprint density at radius 2 is 2.10 bits per heavy atom. The molecule has 0 radical (unpaired) electrons. The number of nitrogens with zero attached hydrogens (tertiary/aromatic N) is 2. The molecule has 0 atom stereocenters. The highest BCUT2D eigenvalue weighted by Gasteiger charge is 2.20. The fourth-order valence-electron chi connectivity index (χ4n) is 2.26. The summed E-state index contributed by atoms with van der Waals surface area (Å²) in [6.07, 6.45) is 2.03. The Balaban J connectivity index is 2.14. The molecular weight excluding hydrogens is 252 g/mol. The van der Waals surface area contributed by atoms with Crippen molar-refractivity contribution in [1.82, 2.24) is 9.97 Å². The first-order valence-electron chi connectivity index (χ1n) is 6.65. The zero-order chi connectivity index (χ0) is 14.1. The van der Waals surface area contributed by atoms with Crippen molar-refractivity contribution in [3.05, 3.63) is 36.0 Å². The number of carbonyl (C=O) groups excluding carboxylic acids is 1. The molecule has 20 heavy (non-hydrogen) atoms. The third-order valence-corrected chi connectivity index (χ3v) is 3.09. The number of amides is 1. The van der Waals surface area contributed by atoms with Crippen LogP contribution in [0.1, 0.15) is 19.4 Å². The van der Waals surface area contributed by atoms with Gasteiger partial charge in [-0.15, -0.1) is 0 Å². The van der Waals surface area contributed by atoms with Gasteiger partial charge in [-0.05, 0) is 19.9 Å². The average Bonchev–Trinajstić information content (AvgIpc) is 2.53. The van der Waals surface area contributed by atoms with E-state index in [4.69, 9.17) is 0 Å². The van der Waals surface area contributed by atoms with Gasteiger partial charge in [-0.1, -0.05) is 18.2 Å². The quantitative estimate of drug-likeness (QED) is 0.878. The molecule has 0 bridgehead atoms. The lowest BCUT2D eigenvalue weighted by molar-refractivity contribution is -0.115. The number of hydrogen-bond acceptors (Lipinski definition) is 4. The van der Waals surface area contributed by atoms with Gasteiger partial charge in [-0.3, -0.25) is 4.79 Å². The van der Waals surface area contributed by atoms with E-state index >= 15 is 0 Å². The number of fused-ring (bicyclic) bond motifs is 3. The van der Waals surface area contributed by atoms with E-state index in [0.717, 1.165) is 22.5 Å². The zero-order valence-electron chi connectivity index (χ0n) is 11.5. The molecule has 0 spiro atoms. The molecule has 0 aliphatic carbocycles. The van der Waals surface area contributed by atoms with Crippen LogP contribution in [0.3, 0.4) is 0 Å². The third kappa shape index (κ3) is 2.34. The summed E-state index contributed by atoms with van der Waals surface area (Å²) in [5.41, 5.74) is 3.40. The molecule has 2 heterocycles. The van der Waals surface area contributed by atoms with Gasteiger partial charge in [0, 0.05) is 23.4 Å². The molecular formula is C15H16N4O. The Bertz CT molecular complexity index is 667. The second-order valence-electron chi connectivity index (χ2n) is 5.14. The van der Waals surface area contributed by atoms with Gasteiger partial charge in [0.25, 0.3) is 0 Å². The van der Waals surface area contributed by atoms with Crippen LogP contribution in [-0.2, 0) is 11.2 Å². The molecule has 2 N–H and O–H groups in total. The van der Waals surface area contributed by atoms with E-state index < -0.39 is 0 Å². The Kier molecular flexibility index (Phi) is 3.10.